The second-order valence-corrected chi connectivity index (χ2v) is 10.0. The molecule has 0 spiro atoms. The fraction of sp³-hybridized carbons (Fsp3) is 0.414. The molecular weight excluding hydrogens is 544 g/mol. The van der Waals surface area contributed by atoms with E-state index >= 15 is 0 Å². The second kappa shape index (κ2) is 11.8. The van der Waals surface area contributed by atoms with Crippen LogP contribution in [0, 0.1) is 17.1 Å². The zero-order valence-electron chi connectivity index (χ0n) is 22.3. The summed E-state index contributed by atoms with van der Waals surface area (Å²) >= 11 is 0. The molecule has 1 unspecified atom stereocenters. The molecule has 1 aromatic heterocycles. The first-order valence-corrected chi connectivity index (χ1v) is 13.2. The van der Waals surface area contributed by atoms with Gasteiger partial charge in [-0.25, -0.2) is 13.9 Å². The number of piperidine rings is 1. The smallest absolute Gasteiger partial charge is 0.427 e. The van der Waals surface area contributed by atoms with Crippen LogP contribution in [0.25, 0.3) is 5.69 Å². The molecule has 3 heterocycles. The number of carbonyl (C=O) groups excluding carboxylic acids is 1. The van der Waals surface area contributed by atoms with Gasteiger partial charge in [-0.05, 0) is 67.1 Å². The molecule has 0 aliphatic carbocycles. The Hall–Kier alpha value is -4.11. The summed E-state index contributed by atoms with van der Waals surface area (Å²) in [6.45, 7) is -0.630. The van der Waals surface area contributed by atoms with Crippen LogP contribution < -0.4 is 4.74 Å². The summed E-state index contributed by atoms with van der Waals surface area (Å²) in [4.78, 5) is 13.9. The molecule has 216 valence electrons. The van der Waals surface area contributed by atoms with E-state index in [1.807, 2.05) is 0 Å². The van der Waals surface area contributed by atoms with Gasteiger partial charge in [-0.3, -0.25) is 0 Å². The molecule has 1 atom stereocenters. The maximum atomic E-state index is 13.7. The van der Waals surface area contributed by atoms with Gasteiger partial charge in [-0.15, -0.1) is 0 Å². The van der Waals surface area contributed by atoms with Gasteiger partial charge in [0.2, 0.25) is 6.10 Å². The zero-order valence-corrected chi connectivity index (χ0v) is 22.3. The first-order valence-electron chi connectivity index (χ1n) is 13.2. The number of amides is 1. The van der Waals surface area contributed by atoms with Crippen LogP contribution in [-0.4, -0.2) is 59.9 Å². The fourth-order valence-corrected chi connectivity index (χ4v) is 5.26. The van der Waals surface area contributed by atoms with E-state index in [1.165, 1.54) is 24.1 Å². The van der Waals surface area contributed by atoms with E-state index in [1.54, 1.807) is 35.0 Å². The van der Waals surface area contributed by atoms with Gasteiger partial charge in [-0.2, -0.15) is 23.5 Å². The summed E-state index contributed by atoms with van der Waals surface area (Å²) in [6.07, 6.45) is -6.36. The fourth-order valence-electron chi connectivity index (χ4n) is 5.26. The number of nitriles is 1. The van der Waals surface area contributed by atoms with Crippen molar-refractivity contribution >= 4 is 6.09 Å². The number of methoxy groups -OCH3 is 1. The number of fused-ring (bicyclic) bond motifs is 3. The van der Waals surface area contributed by atoms with Crippen LogP contribution in [0.3, 0.4) is 0 Å². The predicted octanol–water partition coefficient (Wildman–Crippen LogP) is 5.45. The highest BCUT2D eigenvalue weighted by Crippen LogP contribution is 2.35. The number of alkyl halides is 3. The number of likely N-dealkylation sites (tertiary alicyclic amines) is 1. The molecule has 0 bridgehead atoms. The van der Waals surface area contributed by atoms with Crippen molar-refractivity contribution in [1.29, 1.82) is 5.26 Å². The third-order valence-corrected chi connectivity index (χ3v) is 7.47. The molecule has 0 saturated carbocycles. The number of carbonyl (C=O) groups is 1. The van der Waals surface area contributed by atoms with Crippen molar-refractivity contribution < 1.29 is 36.6 Å². The van der Waals surface area contributed by atoms with Gasteiger partial charge in [-0.1, -0.05) is 12.1 Å². The third kappa shape index (κ3) is 6.15. The molecule has 1 amide bonds. The van der Waals surface area contributed by atoms with Gasteiger partial charge in [0.05, 0.1) is 43.0 Å². The van der Waals surface area contributed by atoms with Gasteiger partial charge in [0, 0.05) is 19.0 Å². The molecule has 12 heteroatoms. The van der Waals surface area contributed by atoms with Crippen LogP contribution in [0.2, 0.25) is 0 Å². The summed E-state index contributed by atoms with van der Waals surface area (Å²) in [5.74, 6) is 0.107. The topological polar surface area (TPSA) is 89.6 Å². The van der Waals surface area contributed by atoms with Crippen molar-refractivity contribution in [3.05, 3.63) is 76.4 Å². The lowest BCUT2D eigenvalue weighted by Crippen LogP contribution is -2.44. The molecule has 2 aliphatic heterocycles. The lowest BCUT2D eigenvalue weighted by Gasteiger charge is -2.32. The molecule has 2 aliphatic rings. The standard InChI is InChI=1S/C29H28F4N4O4/c1-39-22-6-2-18(3-7-22)16-40-17-26(29(31,32)33)41-28(38)36-12-10-19(11-13-36)27-23(15-34)25-8-4-20-14-21(30)5-9-24(20)37(25)35-27/h2-3,5-7,9,14,19,26H,4,8,10-13,16-17H2,1H3. The van der Waals surface area contributed by atoms with Gasteiger partial charge in [0.15, 0.2) is 0 Å². The van der Waals surface area contributed by atoms with Crippen molar-refractivity contribution in [2.75, 3.05) is 26.8 Å². The molecule has 41 heavy (non-hydrogen) atoms. The number of aromatic nitrogens is 2. The average Bonchev–Trinajstić information content (AvgIpc) is 3.35. The zero-order chi connectivity index (χ0) is 29.1. The summed E-state index contributed by atoms with van der Waals surface area (Å²) in [6, 6.07) is 13.4. The lowest BCUT2D eigenvalue weighted by atomic mass is 9.90. The Morgan fingerprint density at radius 2 is 1.88 bits per heavy atom. The number of rotatable bonds is 7. The van der Waals surface area contributed by atoms with Crippen molar-refractivity contribution in [3.8, 4) is 17.5 Å². The van der Waals surface area contributed by atoms with Crippen LogP contribution in [0.4, 0.5) is 22.4 Å². The highest BCUT2D eigenvalue weighted by atomic mass is 19.4. The Bertz CT molecular complexity index is 1440. The van der Waals surface area contributed by atoms with Crippen LogP contribution >= 0.6 is 0 Å². The Labute approximate surface area is 234 Å². The van der Waals surface area contributed by atoms with E-state index in [-0.39, 0.29) is 31.4 Å². The SMILES string of the molecule is COc1ccc(COCC(OC(=O)N2CCC(c3nn4c(c3C#N)CCc3cc(F)ccc3-4)CC2)C(F)(F)F)cc1. The Kier molecular flexibility index (Phi) is 8.17. The van der Waals surface area contributed by atoms with E-state index in [9.17, 15) is 27.6 Å². The van der Waals surface area contributed by atoms with E-state index in [0.29, 0.717) is 48.3 Å². The summed E-state index contributed by atoms with van der Waals surface area (Å²) < 4.78 is 71.4. The van der Waals surface area contributed by atoms with Crippen LogP contribution in [-0.2, 0) is 28.9 Å². The molecule has 0 radical (unpaired) electrons. The van der Waals surface area contributed by atoms with Crippen LogP contribution in [0.1, 0.15) is 46.8 Å². The number of aryl methyl sites for hydroxylation is 1. The molecule has 8 nitrogen and oxygen atoms in total. The number of hydrogen-bond donors (Lipinski definition) is 0. The highest BCUT2D eigenvalue weighted by molar-refractivity contribution is 5.68. The number of hydrogen-bond acceptors (Lipinski definition) is 6. The second-order valence-electron chi connectivity index (χ2n) is 10.0. The first kappa shape index (κ1) is 28.4. The molecule has 3 aromatic rings. The number of benzene rings is 2. The van der Waals surface area contributed by atoms with Crippen LogP contribution in [0.5, 0.6) is 5.75 Å². The minimum Gasteiger partial charge on any atom is -0.497 e. The third-order valence-electron chi connectivity index (χ3n) is 7.47. The quantitative estimate of drug-likeness (QED) is 0.350. The molecule has 1 fully saturated rings. The summed E-state index contributed by atoms with van der Waals surface area (Å²) in [5.41, 5.74) is 3.99. The molecule has 1 saturated heterocycles. The van der Waals surface area contributed by atoms with Crippen LogP contribution in [0.15, 0.2) is 42.5 Å². The van der Waals surface area contributed by atoms with Crippen molar-refractivity contribution in [3.63, 3.8) is 0 Å². The largest absolute Gasteiger partial charge is 0.497 e. The van der Waals surface area contributed by atoms with E-state index < -0.39 is 25.0 Å². The van der Waals surface area contributed by atoms with Crippen molar-refractivity contribution in [2.24, 2.45) is 0 Å². The van der Waals surface area contributed by atoms with E-state index in [0.717, 1.165) is 16.9 Å². The average molecular weight is 573 g/mol. The van der Waals surface area contributed by atoms with E-state index in [4.69, 9.17) is 19.3 Å². The maximum absolute atomic E-state index is 13.7. The predicted molar refractivity (Wildman–Crippen MR) is 138 cm³/mol. The molecular formula is C29H28F4N4O4. The molecule has 5 rings (SSSR count). The van der Waals surface area contributed by atoms with E-state index in [2.05, 4.69) is 6.07 Å². The Balaban J connectivity index is 1.20. The number of nitrogens with zero attached hydrogens (tertiary/aromatic N) is 4. The minimum atomic E-state index is -4.80. The molecule has 0 N–H and O–H groups in total. The van der Waals surface area contributed by atoms with Crippen molar-refractivity contribution in [2.45, 2.75) is 50.5 Å². The summed E-state index contributed by atoms with van der Waals surface area (Å²) in [7, 11) is 1.51. The normalized spacial score (nSPS) is 16.0. The summed E-state index contributed by atoms with van der Waals surface area (Å²) in [5, 5.41) is 14.6. The van der Waals surface area contributed by atoms with Gasteiger partial charge >= 0.3 is 12.3 Å². The van der Waals surface area contributed by atoms with Gasteiger partial charge in [0.25, 0.3) is 0 Å². The van der Waals surface area contributed by atoms with Gasteiger partial charge in [0.1, 0.15) is 17.6 Å². The maximum Gasteiger partial charge on any atom is 0.427 e. The minimum absolute atomic E-state index is 0.0885. The van der Waals surface area contributed by atoms with Crippen molar-refractivity contribution in [1.82, 2.24) is 14.7 Å². The number of ether oxygens (including phenoxy) is 3. The number of halogens is 4. The molecule has 2 aromatic carbocycles. The monoisotopic (exact) mass is 572 g/mol. The van der Waals surface area contributed by atoms with Gasteiger partial charge < -0.3 is 19.1 Å². The Morgan fingerprint density at radius 3 is 2.54 bits per heavy atom. The Morgan fingerprint density at radius 1 is 1.15 bits per heavy atom. The highest BCUT2D eigenvalue weighted by Gasteiger charge is 2.44. The first-order chi connectivity index (χ1) is 19.7. The lowest BCUT2D eigenvalue weighted by molar-refractivity contribution is -0.220.